The topological polar surface area (TPSA) is 77.6 Å². The summed E-state index contributed by atoms with van der Waals surface area (Å²) in [7, 11) is 0. The average Bonchev–Trinajstić information content (AvgIpc) is 3.28. The first-order chi connectivity index (χ1) is 16.1. The van der Waals surface area contributed by atoms with Crippen molar-refractivity contribution in [2.24, 2.45) is 0 Å². The summed E-state index contributed by atoms with van der Waals surface area (Å²) in [6.07, 6.45) is 4.62. The molecular weight excluding hydrogens is 416 g/mol. The van der Waals surface area contributed by atoms with Gasteiger partial charge in [0.15, 0.2) is 0 Å². The van der Waals surface area contributed by atoms with Gasteiger partial charge in [0.1, 0.15) is 11.3 Å². The molecule has 2 aromatic carbocycles. The molecular formula is C26H28N4O3. The molecule has 0 saturated heterocycles. The molecule has 33 heavy (non-hydrogen) atoms. The largest absolute Gasteiger partial charge is 0.494 e. The summed E-state index contributed by atoms with van der Waals surface area (Å²) in [4.78, 5) is 25.2. The van der Waals surface area contributed by atoms with Gasteiger partial charge in [-0.1, -0.05) is 31.2 Å². The number of aromatic nitrogens is 3. The Morgan fingerprint density at radius 3 is 2.42 bits per heavy atom. The Bertz CT molecular complexity index is 1290. The van der Waals surface area contributed by atoms with E-state index in [1.165, 1.54) is 5.56 Å². The fraction of sp³-hybridized carbons (Fsp3) is 0.269. The van der Waals surface area contributed by atoms with Crippen LogP contribution in [0.3, 0.4) is 0 Å². The lowest BCUT2D eigenvalue weighted by Gasteiger charge is -2.08. The summed E-state index contributed by atoms with van der Waals surface area (Å²) in [5.74, 6) is 0.702. The van der Waals surface area contributed by atoms with E-state index < -0.39 is 0 Å². The molecule has 0 aliphatic heterocycles. The maximum Gasteiger partial charge on any atom is 0.276 e. The van der Waals surface area contributed by atoms with Crippen LogP contribution < -0.4 is 15.6 Å². The van der Waals surface area contributed by atoms with Crippen LogP contribution in [0.4, 0.5) is 0 Å². The van der Waals surface area contributed by atoms with Crippen molar-refractivity contribution >= 4 is 11.4 Å². The Morgan fingerprint density at radius 1 is 1.00 bits per heavy atom. The van der Waals surface area contributed by atoms with Gasteiger partial charge in [0.2, 0.25) is 5.91 Å². The molecule has 0 fully saturated rings. The molecule has 0 saturated carbocycles. The Labute approximate surface area is 192 Å². The average molecular weight is 445 g/mol. The van der Waals surface area contributed by atoms with Crippen molar-refractivity contribution < 1.29 is 9.53 Å². The van der Waals surface area contributed by atoms with Crippen LogP contribution in [0.1, 0.15) is 31.4 Å². The van der Waals surface area contributed by atoms with Crippen molar-refractivity contribution in [2.75, 3.05) is 6.61 Å². The van der Waals surface area contributed by atoms with E-state index in [9.17, 15) is 9.59 Å². The molecule has 0 bridgehead atoms. The molecule has 1 N–H and O–H groups in total. The smallest absolute Gasteiger partial charge is 0.276 e. The quantitative estimate of drug-likeness (QED) is 0.426. The number of aryl methyl sites for hydroxylation is 2. The zero-order valence-corrected chi connectivity index (χ0v) is 19.0. The molecule has 2 aromatic heterocycles. The van der Waals surface area contributed by atoms with E-state index >= 15 is 0 Å². The van der Waals surface area contributed by atoms with Crippen LogP contribution in [0.15, 0.2) is 71.8 Å². The number of ether oxygens (including phenoxy) is 1. The molecule has 0 radical (unpaired) electrons. The van der Waals surface area contributed by atoms with Gasteiger partial charge in [0.05, 0.1) is 12.3 Å². The highest BCUT2D eigenvalue weighted by Crippen LogP contribution is 2.21. The van der Waals surface area contributed by atoms with Gasteiger partial charge >= 0.3 is 0 Å². The van der Waals surface area contributed by atoms with Crippen LogP contribution in [-0.4, -0.2) is 26.7 Å². The Balaban J connectivity index is 1.40. The minimum atomic E-state index is -0.176. The van der Waals surface area contributed by atoms with E-state index in [0.29, 0.717) is 30.9 Å². The predicted molar refractivity (Wildman–Crippen MR) is 128 cm³/mol. The van der Waals surface area contributed by atoms with Gasteiger partial charge in [0.25, 0.3) is 5.56 Å². The summed E-state index contributed by atoms with van der Waals surface area (Å²) >= 11 is 0. The SMILES string of the molecule is CCOc1ccc(-c2cc3c(=O)n(CCC(=O)NCc4ccc(CC)cc4)ccn3n2)cc1. The van der Waals surface area contributed by atoms with Crippen molar-refractivity contribution in [1.82, 2.24) is 19.5 Å². The number of nitrogens with zero attached hydrogens (tertiary/aromatic N) is 3. The number of carbonyl (C=O) groups excluding carboxylic acids is 1. The van der Waals surface area contributed by atoms with E-state index in [2.05, 4.69) is 29.5 Å². The van der Waals surface area contributed by atoms with E-state index in [-0.39, 0.29) is 17.9 Å². The maximum absolute atomic E-state index is 12.9. The lowest BCUT2D eigenvalue weighted by molar-refractivity contribution is -0.121. The molecule has 0 spiro atoms. The fourth-order valence-corrected chi connectivity index (χ4v) is 3.64. The highest BCUT2D eigenvalue weighted by molar-refractivity contribution is 5.75. The Hall–Kier alpha value is -3.87. The van der Waals surface area contributed by atoms with Crippen molar-refractivity contribution in [3.63, 3.8) is 0 Å². The third-order valence-electron chi connectivity index (χ3n) is 5.57. The highest BCUT2D eigenvalue weighted by Gasteiger charge is 2.11. The monoisotopic (exact) mass is 444 g/mol. The maximum atomic E-state index is 12.9. The zero-order chi connectivity index (χ0) is 23.2. The number of nitrogens with one attached hydrogen (secondary N) is 1. The molecule has 0 aliphatic rings. The molecule has 0 atom stereocenters. The number of benzene rings is 2. The molecule has 7 nitrogen and oxygen atoms in total. The van der Waals surface area contributed by atoms with E-state index in [1.807, 2.05) is 43.3 Å². The van der Waals surface area contributed by atoms with Crippen molar-refractivity contribution in [2.45, 2.75) is 39.8 Å². The van der Waals surface area contributed by atoms with Crippen LogP contribution in [-0.2, 0) is 24.3 Å². The van der Waals surface area contributed by atoms with Crippen LogP contribution in [0.2, 0.25) is 0 Å². The normalized spacial score (nSPS) is 11.0. The summed E-state index contributed by atoms with van der Waals surface area (Å²) in [6.45, 7) is 5.44. The molecule has 0 unspecified atom stereocenters. The van der Waals surface area contributed by atoms with Crippen molar-refractivity contribution in [3.05, 3.63) is 88.5 Å². The van der Waals surface area contributed by atoms with Crippen molar-refractivity contribution in [1.29, 1.82) is 0 Å². The second-order valence-corrected chi connectivity index (χ2v) is 7.81. The Morgan fingerprint density at radius 2 is 1.73 bits per heavy atom. The molecule has 4 aromatic rings. The molecule has 7 heteroatoms. The first-order valence-corrected chi connectivity index (χ1v) is 11.2. The van der Waals surface area contributed by atoms with Gasteiger partial charge in [-0.2, -0.15) is 5.10 Å². The predicted octanol–water partition coefficient (Wildman–Crippen LogP) is 3.83. The highest BCUT2D eigenvalue weighted by atomic mass is 16.5. The third kappa shape index (κ3) is 5.31. The summed E-state index contributed by atoms with van der Waals surface area (Å²) in [6, 6.07) is 17.6. The number of amides is 1. The van der Waals surface area contributed by atoms with E-state index in [4.69, 9.17) is 4.74 Å². The van der Waals surface area contributed by atoms with Gasteiger partial charge in [-0.3, -0.25) is 9.59 Å². The number of fused-ring (bicyclic) bond motifs is 1. The van der Waals surface area contributed by atoms with Crippen LogP contribution in [0.25, 0.3) is 16.8 Å². The lowest BCUT2D eigenvalue weighted by Crippen LogP contribution is -2.27. The minimum absolute atomic E-state index is 0.0927. The molecule has 170 valence electrons. The molecule has 1 amide bonds. The second kappa shape index (κ2) is 10.2. The van der Waals surface area contributed by atoms with Gasteiger partial charge < -0.3 is 14.6 Å². The van der Waals surface area contributed by atoms with Gasteiger partial charge in [-0.15, -0.1) is 0 Å². The Kier molecular flexibility index (Phi) is 6.88. The number of hydrogen-bond acceptors (Lipinski definition) is 4. The number of hydrogen-bond donors (Lipinski definition) is 1. The van der Waals surface area contributed by atoms with Gasteiger partial charge in [-0.25, -0.2) is 4.52 Å². The van der Waals surface area contributed by atoms with Gasteiger partial charge in [-0.05, 0) is 54.8 Å². The first-order valence-electron chi connectivity index (χ1n) is 11.2. The third-order valence-corrected chi connectivity index (χ3v) is 5.57. The molecule has 4 rings (SSSR count). The van der Waals surface area contributed by atoms with Crippen molar-refractivity contribution in [3.8, 4) is 17.0 Å². The van der Waals surface area contributed by atoms with E-state index in [0.717, 1.165) is 23.3 Å². The zero-order valence-electron chi connectivity index (χ0n) is 19.0. The lowest BCUT2D eigenvalue weighted by atomic mass is 10.1. The summed E-state index contributed by atoms with van der Waals surface area (Å²) in [5.41, 5.74) is 4.23. The van der Waals surface area contributed by atoms with Crippen LogP contribution in [0.5, 0.6) is 5.75 Å². The van der Waals surface area contributed by atoms with Gasteiger partial charge in [0, 0.05) is 37.5 Å². The molecule has 0 aliphatic carbocycles. The summed E-state index contributed by atoms with van der Waals surface area (Å²) < 4.78 is 8.60. The number of rotatable bonds is 9. The number of carbonyl (C=O) groups is 1. The standard InChI is InChI=1S/C26H28N4O3/c1-3-19-5-7-20(8-6-19)18-27-25(31)13-14-29-15-16-30-24(26(29)32)17-23(28-30)21-9-11-22(12-10-21)33-4-2/h5-12,15-17H,3-4,13-14,18H2,1-2H3,(H,27,31). The van der Waals surface area contributed by atoms with Crippen LogP contribution >= 0.6 is 0 Å². The second-order valence-electron chi connectivity index (χ2n) is 7.81. The first kappa shape index (κ1) is 22.3. The summed E-state index contributed by atoms with van der Waals surface area (Å²) in [5, 5.41) is 7.43. The van der Waals surface area contributed by atoms with E-state index in [1.54, 1.807) is 27.5 Å². The fourth-order valence-electron chi connectivity index (χ4n) is 3.64. The molecule has 2 heterocycles. The van der Waals surface area contributed by atoms with Crippen LogP contribution in [0, 0.1) is 0 Å². The minimum Gasteiger partial charge on any atom is -0.494 e.